The highest BCUT2D eigenvalue weighted by Crippen LogP contribution is 2.40. The summed E-state index contributed by atoms with van der Waals surface area (Å²) in [4.78, 5) is 32.4. The maximum atomic E-state index is 13.3. The molecule has 0 atom stereocenters. The Balaban J connectivity index is 1.71. The summed E-state index contributed by atoms with van der Waals surface area (Å²) in [5, 5.41) is 8.12. The number of aryl methyl sites for hydroxylation is 2. The zero-order chi connectivity index (χ0) is 20.7. The summed E-state index contributed by atoms with van der Waals surface area (Å²) in [6, 6.07) is 9.22. The van der Waals surface area contributed by atoms with Crippen LogP contribution in [0.5, 0.6) is 0 Å². The molecule has 1 N–H and O–H groups in total. The molecular formula is C21H23N5O2S. The first-order valence-corrected chi connectivity index (χ1v) is 10.3. The lowest BCUT2D eigenvalue weighted by molar-refractivity contribution is 0.102. The normalized spacial score (nSPS) is 13.5. The summed E-state index contributed by atoms with van der Waals surface area (Å²) in [6.45, 7) is 1.89. The highest BCUT2D eigenvalue weighted by atomic mass is 32.2. The maximum Gasteiger partial charge on any atom is 0.286 e. The van der Waals surface area contributed by atoms with Gasteiger partial charge in [0.25, 0.3) is 11.1 Å². The van der Waals surface area contributed by atoms with Crippen molar-refractivity contribution in [2.24, 2.45) is 7.05 Å². The smallest absolute Gasteiger partial charge is 0.286 e. The number of anilines is 1. The molecule has 0 unspecified atom stereocenters. The van der Waals surface area contributed by atoms with E-state index in [1.807, 2.05) is 38.2 Å². The second-order valence-corrected chi connectivity index (χ2v) is 8.48. The summed E-state index contributed by atoms with van der Waals surface area (Å²) in [5.41, 5.74) is 3.62. The van der Waals surface area contributed by atoms with Crippen molar-refractivity contribution < 1.29 is 9.59 Å². The van der Waals surface area contributed by atoms with E-state index >= 15 is 0 Å². The highest BCUT2D eigenvalue weighted by Gasteiger charge is 2.28. The number of pyridine rings is 1. The van der Waals surface area contributed by atoms with Gasteiger partial charge >= 0.3 is 0 Å². The van der Waals surface area contributed by atoms with Gasteiger partial charge in [0, 0.05) is 37.7 Å². The Morgan fingerprint density at radius 1 is 1.24 bits per heavy atom. The first kappa shape index (κ1) is 19.4. The fourth-order valence-corrected chi connectivity index (χ4v) is 4.01. The number of carbonyl (C=O) groups excluding carboxylic acids is 2. The molecule has 0 aliphatic heterocycles. The summed E-state index contributed by atoms with van der Waals surface area (Å²) >= 11 is 1.09. The van der Waals surface area contributed by atoms with Gasteiger partial charge < -0.3 is 10.2 Å². The van der Waals surface area contributed by atoms with Gasteiger partial charge in [-0.05, 0) is 49.7 Å². The number of hydrogen-bond donors (Lipinski definition) is 1. The largest absolute Gasteiger partial charge is 0.339 e. The van der Waals surface area contributed by atoms with Crippen LogP contribution in [0.1, 0.15) is 40.5 Å². The van der Waals surface area contributed by atoms with Crippen molar-refractivity contribution in [2.45, 2.75) is 30.6 Å². The van der Waals surface area contributed by atoms with Crippen molar-refractivity contribution in [3.8, 4) is 0 Å². The van der Waals surface area contributed by atoms with Gasteiger partial charge in [-0.1, -0.05) is 12.1 Å². The minimum atomic E-state index is -0.222. The number of benzene rings is 1. The molecule has 1 aliphatic rings. The van der Waals surface area contributed by atoms with Crippen LogP contribution in [0.3, 0.4) is 0 Å². The van der Waals surface area contributed by atoms with E-state index in [0.717, 1.165) is 47.0 Å². The lowest BCUT2D eigenvalue weighted by Gasteiger charge is -2.14. The molecule has 8 heteroatoms. The number of para-hydroxylation sites is 1. The molecule has 1 aromatic carbocycles. The molecule has 0 bridgehead atoms. The van der Waals surface area contributed by atoms with Crippen molar-refractivity contribution in [3.05, 3.63) is 47.3 Å². The number of aromatic nitrogens is 3. The number of carbonyl (C=O) groups is 2. The highest BCUT2D eigenvalue weighted by molar-refractivity contribution is 8.13. The number of nitrogens with zero attached hydrogens (tertiary/aromatic N) is 4. The monoisotopic (exact) mass is 409 g/mol. The average molecular weight is 410 g/mol. The second-order valence-electron chi connectivity index (χ2n) is 7.49. The Bertz CT molecular complexity index is 1120. The molecule has 2 amide bonds. The minimum Gasteiger partial charge on any atom is -0.339 e. The van der Waals surface area contributed by atoms with E-state index < -0.39 is 0 Å². The molecule has 2 aromatic heterocycles. The number of amides is 2. The van der Waals surface area contributed by atoms with E-state index in [2.05, 4.69) is 10.4 Å². The van der Waals surface area contributed by atoms with Crippen molar-refractivity contribution in [3.63, 3.8) is 0 Å². The number of hydrogen-bond acceptors (Lipinski definition) is 5. The number of rotatable bonds is 4. The third kappa shape index (κ3) is 3.85. The zero-order valence-electron chi connectivity index (χ0n) is 16.9. The van der Waals surface area contributed by atoms with Gasteiger partial charge in [-0.25, -0.2) is 4.98 Å². The molecule has 7 nitrogen and oxygen atoms in total. The fourth-order valence-electron chi connectivity index (χ4n) is 3.27. The first-order chi connectivity index (χ1) is 13.8. The Hall–Kier alpha value is -2.87. The molecule has 4 rings (SSSR count). The molecular weight excluding hydrogens is 386 g/mol. The molecule has 0 saturated heterocycles. The first-order valence-electron chi connectivity index (χ1n) is 9.49. The maximum absolute atomic E-state index is 13.3. The average Bonchev–Trinajstić information content (AvgIpc) is 3.49. The second kappa shape index (κ2) is 7.51. The summed E-state index contributed by atoms with van der Waals surface area (Å²) in [7, 11) is 5.25. The van der Waals surface area contributed by atoms with Crippen molar-refractivity contribution in [1.29, 1.82) is 0 Å². The van der Waals surface area contributed by atoms with Gasteiger partial charge in [-0.3, -0.25) is 14.3 Å². The van der Waals surface area contributed by atoms with Gasteiger partial charge in [0.05, 0.1) is 22.3 Å². The van der Waals surface area contributed by atoms with Gasteiger partial charge in [0.1, 0.15) is 0 Å². The third-order valence-corrected chi connectivity index (χ3v) is 6.04. The van der Waals surface area contributed by atoms with Crippen LogP contribution in [0.4, 0.5) is 10.5 Å². The van der Waals surface area contributed by atoms with Crippen LogP contribution in [-0.2, 0) is 7.05 Å². The Labute approximate surface area is 173 Å². The van der Waals surface area contributed by atoms with E-state index in [1.165, 1.54) is 4.90 Å². The van der Waals surface area contributed by atoms with Crippen LogP contribution in [0.15, 0.2) is 35.2 Å². The molecule has 3 aromatic rings. The summed E-state index contributed by atoms with van der Waals surface area (Å²) in [6.07, 6.45) is 2.20. The molecule has 150 valence electrons. The Morgan fingerprint density at radius 2 is 1.97 bits per heavy atom. The van der Waals surface area contributed by atoms with Crippen molar-refractivity contribution in [2.75, 3.05) is 19.4 Å². The number of nitrogens with one attached hydrogen (secondary N) is 1. The summed E-state index contributed by atoms with van der Waals surface area (Å²) in [5.74, 6) is 0.197. The lowest BCUT2D eigenvalue weighted by Crippen LogP contribution is -2.17. The van der Waals surface area contributed by atoms with Crippen molar-refractivity contribution >= 4 is 39.6 Å². The number of thioether (sulfide) groups is 1. The Kier molecular flexibility index (Phi) is 5.04. The van der Waals surface area contributed by atoms with Gasteiger partial charge in [-0.2, -0.15) is 5.10 Å². The molecule has 1 fully saturated rings. The molecule has 1 saturated carbocycles. The quantitative estimate of drug-likeness (QED) is 0.654. The standard InChI is InChI=1S/C21H23N5O2S/c1-12-18-14(11-16(13-9-10-13)22-19(18)26(4)24-12)20(27)23-15-7-5-6-8-17(15)29-21(28)25(2)3/h5-8,11,13H,9-10H2,1-4H3,(H,23,27). The molecule has 0 spiro atoms. The van der Waals surface area contributed by atoms with E-state index in [0.29, 0.717) is 22.1 Å². The molecule has 0 radical (unpaired) electrons. The van der Waals surface area contributed by atoms with E-state index in [4.69, 9.17) is 4.98 Å². The number of fused-ring (bicyclic) bond motifs is 1. The van der Waals surface area contributed by atoms with Gasteiger partial charge in [-0.15, -0.1) is 0 Å². The van der Waals surface area contributed by atoms with Gasteiger partial charge in [0.15, 0.2) is 5.65 Å². The molecule has 29 heavy (non-hydrogen) atoms. The van der Waals surface area contributed by atoms with E-state index in [9.17, 15) is 9.59 Å². The van der Waals surface area contributed by atoms with Crippen LogP contribution >= 0.6 is 11.8 Å². The topological polar surface area (TPSA) is 80.1 Å². The van der Waals surface area contributed by atoms with Crippen LogP contribution in [0.2, 0.25) is 0 Å². The predicted octanol–water partition coefficient (Wildman–Crippen LogP) is 4.18. The SMILES string of the molecule is Cc1nn(C)c2nc(C3CC3)cc(C(=O)Nc3ccccc3SC(=O)N(C)C)c12. The minimum absolute atomic E-state index is 0.0999. The van der Waals surface area contributed by atoms with E-state index in [-0.39, 0.29) is 11.1 Å². The van der Waals surface area contributed by atoms with Crippen LogP contribution in [0.25, 0.3) is 11.0 Å². The lowest BCUT2D eigenvalue weighted by atomic mass is 10.1. The molecule has 1 aliphatic carbocycles. The third-order valence-electron chi connectivity index (χ3n) is 4.93. The van der Waals surface area contributed by atoms with E-state index in [1.54, 1.807) is 24.8 Å². The predicted molar refractivity (Wildman–Crippen MR) is 115 cm³/mol. The van der Waals surface area contributed by atoms with Crippen molar-refractivity contribution in [1.82, 2.24) is 19.7 Å². The van der Waals surface area contributed by atoms with Crippen LogP contribution < -0.4 is 5.32 Å². The van der Waals surface area contributed by atoms with Crippen LogP contribution in [0, 0.1) is 6.92 Å². The molecule has 2 heterocycles. The fraction of sp³-hybridized carbons (Fsp3) is 0.333. The summed E-state index contributed by atoms with van der Waals surface area (Å²) < 4.78 is 1.73. The Morgan fingerprint density at radius 3 is 2.66 bits per heavy atom. The van der Waals surface area contributed by atoms with Gasteiger partial charge in [0.2, 0.25) is 0 Å². The zero-order valence-corrected chi connectivity index (χ0v) is 17.7. The van der Waals surface area contributed by atoms with Crippen LogP contribution in [-0.4, -0.2) is 44.9 Å².